The normalized spacial score (nSPS) is 35.1. The fourth-order valence-electron chi connectivity index (χ4n) is 1.89. The Morgan fingerprint density at radius 2 is 1.84 bits per heavy atom. The van der Waals surface area contributed by atoms with E-state index >= 15 is 0 Å². The number of aliphatic hydroxyl groups is 4. The Kier molecular flexibility index (Phi) is 4.62. The molecule has 5 atom stereocenters. The Morgan fingerprint density at radius 3 is 2.47 bits per heavy atom. The Hall–Kier alpha value is -0.890. The minimum absolute atomic E-state index is 0.255. The highest BCUT2D eigenvalue weighted by Crippen LogP contribution is 2.29. The van der Waals surface area contributed by atoms with E-state index in [-0.39, 0.29) is 5.75 Å². The lowest BCUT2D eigenvalue weighted by atomic mass is 9.99. The summed E-state index contributed by atoms with van der Waals surface area (Å²) in [6.45, 7) is -0.520. The van der Waals surface area contributed by atoms with Gasteiger partial charge in [-0.1, -0.05) is 23.7 Å². The van der Waals surface area contributed by atoms with Crippen molar-refractivity contribution in [2.45, 2.75) is 30.7 Å². The van der Waals surface area contributed by atoms with Crippen molar-refractivity contribution in [1.29, 1.82) is 0 Å². The molecule has 1 aliphatic rings. The number of ether oxygens (including phenoxy) is 2. The van der Waals surface area contributed by atoms with Crippen molar-refractivity contribution in [2.24, 2.45) is 0 Å². The van der Waals surface area contributed by atoms with Crippen molar-refractivity contribution in [3.8, 4) is 5.75 Å². The first-order valence-electron chi connectivity index (χ1n) is 5.76. The second kappa shape index (κ2) is 6.04. The van der Waals surface area contributed by atoms with Crippen LogP contribution in [-0.4, -0.2) is 57.7 Å². The number of hydrogen-bond acceptors (Lipinski definition) is 6. The van der Waals surface area contributed by atoms with E-state index in [9.17, 15) is 15.3 Å². The number of hydrogen-bond donors (Lipinski definition) is 4. The van der Waals surface area contributed by atoms with Crippen LogP contribution in [0.4, 0.5) is 0 Å². The summed E-state index contributed by atoms with van der Waals surface area (Å²) >= 11 is 5.90. The predicted molar refractivity (Wildman–Crippen MR) is 65.8 cm³/mol. The van der Waals surface area contributed by atoms with E-state index in [1.54, 1.807) is 24.3 Å². The zero-order chi connectivity index (χ0) is 14.0. The summed E-state index contributed by atoms with van der Waals surface area (Å²) in [5, 5.41) is 38.6. The van der Waals surface area contributed by atoms with Gasteiger partial charge in [0.25, 0.3) is 0 Å². The van der Waals surface area contributed by atoms with Crippen molar-refractivity contribution in [2.75, 3.05) is 6.61 Å². The van der Waals surface area contributed by atoms with E-state index in [1.165, 1.54) is 0 Å². The molecule has 1 heterocycles. The van der Waals surface area contributed by atoms with Gasteiger partial charge < -0.3 is 29.9 Å². The van der Waals surface area contributed by atoms with E-state index in [2.05, 4.69) is 0 Å². The highest BCUT2D eigenvalue weighted by atomic mass is 35.5. The highest BCUT2D eigenvalue weighted by molar-refractivity contribution is 6.32. The van der Waals surface area contributed by atoms with Gasteiger partial charge in [-0.2, -0.15) is 0 Å². The molecule has 6 nitrogen and oxygen atoms in total. The average molecular weight is 291 g/mol. The van der Waals surface area contributed by atoms with Gasteiger partial charge in [-0.25, -0.2) is 0 Å². The molecule has 0 unspecified atom stereocenters. The largest absolute Gasteiger partial charge is 0.481 e. The van der Waals surface area contributed by atoms with Crippen LogP contribution in [0.25, 0.3) is 0 Å². The van der Waals surface area contributed by atoms with E-state index in [1.807, 2.05) is 0 Å². The molecule has 0 aliphatic carbocycles. The SMILES string of the molecule is OC[C@H]1O[C@@H](O)[C@H](Oc2ccccc2Cl)[C@@H](O)[C@@H]1O. The molecule has 1 fully saturated rings. The average Bonchev–Trinajstić information content (AvgIpc) is 2.41. The number of benzene rings is 1. The fourth-order valence-corrected chi connectivity index (χ4v) is 2.07. The summed E-state index contributed by atoms with van der Waals surface area (Å²) in [6.07, 6.45) is -6.50. The quantitative estimate of drug-likeness (QED) is 0.600. The third kappa shape index (κ3) is 3.00. The van der Waals surface area contributed by atoms with Gasteiger partial charge in [0.1, 0.15) is 24.1 Å². The van der Waals surface area contributed by atoms with Crippen molar-refractivity contribution in [3.63, 3.8) is 0 Å². The summed E-state index contributed by atoms with van der Waals surface area (Å²) in [4.78, 5) is 0. The van der Waals surface area contributed by atoms with Gasteiger partial charge in [0, 0.05) is 0 Å². The number of halogens is 1. The molecule has 2 rings (SSSR count). The Labute approximate surface area is 114 Å². The molecule has 1 aromatic rings. The maximum absolute atomic E-state index is 9.89. The van der Waals surface area contributed by atoms with Gasteiger partial charge in [0.2, 0.25) is 0 Å². The maximum atomic E-state index is 9.89. The molecule has 0 bridgehead atoms. The first kappa shape index (κ1) is 14.5. The van der Waals surface area contributed by atoms with Gasteiger partial charge in [0.05, 0.1) is 11.6 Å². The van der Waals surface area contributed by atoms with Crippen LogP contribution in [0.5, 0.6) is 5.75 Å². The molecule has 0 radical (unpaired) electrons. The summed E-state index contributed by atoms with van der Waals surface area (Å²) in [5.41, 5.74) is 0. The van der Waals surface area contributed by atoms with Crippen LogP contribution in [0.3, 0.4) is 0 Å². The van der Waals surface area contributed by atoms with Crippen LogP contribution in [0, 0.1) is 0 Å². The molecular formula is C12H15ClO6. The molecule has 7 heteroatoms. The molecule has 0 aromatic heterocycles. The lowest BCUT2D eigenvalue weighted by molar-refractivity contribution is -0.280. The zero-order valence-corrected chi connectivity index (χ0v) is 10.6. The fraction of sp³-hybridized carbons (Fsp3) is 0.500. The van der Waals surface area contributed by atoms with Gasteiger partial charge in [-0.15, -0.1) is 0 Å². The third-order valence-corrected chi connectivity index (χ3v) is 3.25. The van der Waals surface area contributed by atoms with Crippen molar-refractivity contribution in [3.05, 3.63) is 29.3 Å². The topological polar surface area (TPSA) is 99.4 Å². The Balaban J connectivity index is 2.14. The second-order valence-electron chi connectivity index (χ2n) is 4.24. The first-order chi connectivity index (χ1) is 9.04. The van der Waals surface area contributed by atoms with Crippen LogP contribution < -0.4 is 4.74 Å². The lowest BCUT2D eigenvalue weighted by Gasteiger charge is -2.39. The Bertz CT molecular complexity index is 428. The van der Waals surface area contributed by atoms with Crippen LogP contribution in [0.2, 0.25) is 5.02 Å². The molecule has 1 aliphatic heterocycles. The Morgan fingerprint density at radius 1 is 1.16 bits per heavy atom. The molecule has 106 valence electrons. The van der Waals surface area contributed by atoms with E-state index in [0.29, 0.717) is 5.02 Å². The van der Waals surface area contributed by atoms with Crippen molar-refractivity contribution < 1.29 is 29.9 Å². The number of aliphatic hydroxyl groups excluding tert-OH is 4. The van der Waals surface area contributed by atoms with Crippen LogP contribution >= 0.6 is 11.6 Å². The maximum Gasteiger partial charge on any atom is 0.195 e. The number of rotatable bonds is 3. The minimum atomic E-state index is -1.48. The smallest absolute Gasteiger partial charge is 0.195 e. The van der Waals surface area contributed by atoms with E-state index < -0.39 is 37.3 Å². The molecule has 0 amide bonds. The summed E-state index contributed by atoms with van der Waals surface area (Å²) in [7, 11) is 0. The van der Waals surface area contributed by atoms with E-state index in [0.717, 1.165) is 0 Å². The molecule has 0 spiro atoms. The van der Waals surface area contributed by atoms with Crippen molar-refractivity contribution >= 4 is 11.6 Å². The second-order valence-corrected chi connectivity index (χ2v) is 4.65. The standard InChI is InChI=1S/C12H15ClO6/c13-6-3-1-2-4-7(6)18-11-10(16)9(15)8(5-14)19-12(11)17/h1-4,8-12,14-17H,5H2/t8-,9-,10+,11-,12-/m1/s1. The van der Waals surface area contributed by atoms with Gasteiger partial charge in [-0.05, 0) is 12.1 Å². The monoisotopic (exact) mass is 290 g/mol. The number of para-hydroxylation sites is 1. The molecule has 1 aromatic carbocycles. The molecule has 0 saturated carbocycles. The molecular weight excluding hydrogens is 276 g/mol. The van der Waals surface area contributed by atoms with E-state index in [4.69, 9.17) is 26.2 Å². The van der Waals surface area contributed by atoms with Gasteiger partial charge >= 0.3 is 0 Å². The molecule has 4 N–H and O–H groups in total. The lowest BCUT2D eigenvalue weighted by Crippen LogP contribution is -2.60. The molecule has 19 heavy (non-hydrogen) atoms. The zero-order valence-electron chi connectivity index (χ0n) is 9.89. The first-order valence-corrected chi connectivity index (χ1v) is 6.14. The molecule has 1 saturated heterocycles. The predicted octanol–water partition coefficient (Wildman–Crippen LogP) is -0.481. The van der Waals surface area contributed by atoms with Crippen LogP contribution in [-0.2, 0) is 4.74 Å². The minimum Gasteiger partial charge on any atom is -0.481 e. The highest BCUT2D eigenvalue weighted by Gasteiger charge is 2.45. The van der Waals surface area contributed by atoms with Crippen LogP contribution in [0.15, 0.2) is 24.3 Å². The van der Waals surface area contributed by atoms with Crippen LogP contribution in [0.1, 0.15) is 0 Å². The van der Waals surface area contributed by atoms with Gasteiger partial charge in [0.15, 0.2) is 12.4 Å². The third-order valence-electron chi connectivity index (χ3n) is 2.94. The van der Waals surface area contributed by atoms with Crippen molar-refractivity contribution in [1.82, 2.24) is 0 Å². The summed E-state index contributed by atoms with van der Waals surface area (Å²) in [6, 6.07) is 6.53. The summed E-state index contributed by atoms with van der Waals surface area (Å²) < 4.78 is 10.3. The van der Waals surface area contributed by atoms with Gasteiger partial charge in [-0.3, -0.25) is 0 Å². The summed E-state index contributed by atoms with van der Waals surface area (Å²) in [5.74, 6) is 0.255.